The SMILES string of the molecule is CC.CC.CCCn1cc(-c2ccncc2)c(-c2ccccc2)n1. The molecule has 0 spiro atoms. The molecule has 0 bridgehead atoms. The van der Waals surface area contributed by atoms with Crippen LogP contribution in [-0.2, 0) is 6.54 Å². The van der Waals surface area contributed by atoms with Crippen molar-refractivity contribution in [2.24, 2.45) is 0 Å². The van der Waals surface area contributed by atoms with Gasteiger partial charge in [0.15, 0.2) is 0 Å². The number of pyridine rings is 1. The van der Waals surface area contributed by atoms with Crippen LogP contribution in [0.15, 0.2) is 61.1 Å². The summed E-state index contributed by atoms with van der Waals surface area (Å²) in [6, 6.07) is 14.4. The Balaban J connectivity index is 0.000000671. The molecule has 128 valence electrons. The van der Waals surface area contributed by atoms with E-state index >= 15 is 0 Å². The van der Waals surface area contributed by atoms with Gasteiger partial charge in [-0.05, 0) is 24.1 Å². The molecule has 0 N–H and O–H groups in total. The fourth-order valence-corrected chi connectivity index (χ4v) is 2.32. The van der Waals surface area contributed by atoms with Crippen LogP contribution in [0.5, 0.6) is 0 Å². The van der Waals surface area contributed by atoms with Gasteiger partial charge in [0.25, 0.3) is 0 Å². The predicted octanol–water partition coefficient (Wildman–Crippen LogP) is 6.07. The molecule has 0 radical (unpaired) electrons. The smallest absolute Gasteiger partial charge is 0.100 e. The number of benzene rings is 1. The summed E-state index contributed by atoms with van der Waals surface area (Å²) in [4.78, 5) is 4.09. The maximum absolute atomic E-state index is 4.74. The molecular weight excluding hydrogens is 294 g/mol. The first-order chi connectivity index (χ1) is 11.9. The zero-order valence-corrected chi connectivity index (χ0v) is 15.5. The second kappa shape index (κ2) is 11.2. The van der Waals surface area contributed by atoms with Gasteiger partial charge in [-0.2, -0.15) is 5.10 Å². The Labute approximate surface area is 146 Å². The van der Waals surface area contributed by atoms with Crippen LogP contribution in [0.3, 0.4) is 0 Å². The third-order valence-corrected chi connectivity index (χ3v) is 3.25. The molecule has 1 aromatic carbocycles. The molecule has 3 aromatic rings. The Morgan fingerprint density at radius 1 is 0.833 bits per heavy atom. The molecule has 0 atom stereocenters. The number of nitrogens with zero attached hydrogens (tertiary/aromatic N) is 3. The second-order valence-corrected chi connectivity index (χ2v) is 4.76. The van der Waals surface area contributed by atoms with Gasteiger partial charge in [0.1, 0.15) is 5.69 Å². The first kappa shape index (κ1) is 19.6. The minimum absolute atomic E-state index is 0.935. The van der Waals surface area contributed by atoms with Gasteiger partial charge in [-0.1, -0.05) is 65.0 Å². The predicted molar refractivity (Wildman–Crippen MR) is 104 cm³/mol. The van der Waals surface area contributed by atoms with Gasteiger partial charge in [0, 0.05) is 36.3 Å². The lowest BCUT2D eigenvalue weighted by atomic mass is 10.0. The molecule has 0 aliphatic rings. The maximum atomic E-state index is 4.74. The summed E-state index contributed by atoms with van der Waals surface area (Å²) in [6.45, 7) is 11.1. The van der Waals surface area contributed by atoms with E-state index in [1.165, 1.54) is 0 Å². The summed E-state index contributed by atoms with van der Waals surface area (Å²) in [5.74, 6) is 0. The van der Waals surface area contributed by atoms with Crippen LogP contribution in [0.2, 0.25) is 0 Å². The Hall–Kier alpha value is -2.42. The van der Waals surface area contributed by atoms with Gasteiger partial charge < -0.3 is 0 Å². The molecule has 0 saturated heterocycles. The number of aromatic nitrogens is 3. The van der Waals surface area contributed by atoms with Crippen molar-refractivity contribution in [1.82, 2.24) is 14.8 Å². The summed E-state index contributed by atoms with van der Waals surface area (Å²) in [5, 5.41) is 4.74. The van der Waals surface area contributed by atoms with Crippen molar-refractivity contribution in [2.75, 3.05) is 0 Å². The van der Waals surface area contributed by atoms with Crippen molar-refractivity contribution in [3.63, 3.8) is 0 Å². The average molecular weight is 323 g/mol. The van der Waals surface area contributed by atoms with Crippen LogP contribution in [0, 0.1) is 0 Å². The van der Waals surface area contributed by atoms with Crippen molar-refractivity contribution >= 4 is 0 Å². The third-order valence-electron chi connectivity index (χ3n) is 3.25. The third kappa shape index (κ3) is 5.05. The van der Waals surface area contributed by atoms with Gasteiger partial charge in [0.05, 0.1) is 0 Å². The van der Waals surface area contributed by atoms with E-state index in [4.69, 9.17) is 5.10 Å². The van der Waals surface area contributed by atoms with Crippen molar-refractivity contribution in [3.05, 3.63) is 61.1 Å². The highest BCUT2D eigenvalue weighted by Crippen LogP contribution is 2.30. The Kier molecular flexibility index (Phi) is 9.13. The normalized spacial score (nSPS) is 9.38. The first-order valence-corrected chi connectivity index (χ1v) is 8.91. The summed E-state index contributed by atoms with van der Waals surface area (Å²) >= 11 is 0. The summed E-state index contributed by atoms with van der Waals surface area (Å²) < 4.78 is 2.03. The van der Waals surface area contributed by atoms with Crippen molar-refractivity contribution in [1.29, 1.82) is 0 Å². The van der Waals surface area contributed by atoms with E-state index < -0.39 is 0 Å². The van der Waals surface area contributed by atoms with Crippen LogP contribution >= 0.6 is 0 Å². The molecule has 2 aromatic heterocycles. The Bertz CT molecular complexity index is 616. The highest BCUT2D eigenvalue weighted by molar-refractivity contribution is 5.80. The van der Waals surface area contributed by atoms with Gasteiger partial charge in [-0.15, -0.1) is 0 Å². The lowest BCUT2D eigenvalue weighted by Crippen LogP contribution is -1.96. The van der Waals surface area contributed by atoms with Crippen LogP contribution in [0.25, 0.3) is 22.4 Å². The van der Waals surface area contributed by atoms with Crippen LogP contribution in [-0.4, -0.2) is 14.8 Å². The number of rotatable bonds is 4. The Morgan fingerprint density at radius 2 is 1.46 bits per heavy atom. The molecular formula is C21H29N3. The van der Waals surface area contributed by atoms with Crippen molar-refractivity contribution in [2.45, 2.75) is 47.6 Å². The summed E-state index contributed by atoms with van der Waals surface area (Å²) in [5.41, 5.74) is 4.49. The molecule has 24 heavy (non-hydrogen) atoms. The summed E-state index contributed by atoms with van der Waals surface area (Å²) in [7, 11) is 0. The second-order valence-electron chi connectivity index (χ2n) is 4.76. The fourth-order valence-electron chi connectivity index (χ4n) is 2.32. The largest absolute Gasteiger partial charge is 0.271 e. The number of hydrogen-bond donors (Lipinski definition) is 0. The molecule has 2 heterocycles. The van der Waals surface area contributed by atoms with E-state index in [0.717, 1.165) is 35.3 Å². The molecule has 3 heteroatoms. The van der Waals surface area contributed by atoms with Crippen molar-refractivity contribution in [3.8, 4) is 22.4 Å². The van der Waals surface area contributed by atoms with E-state index in [1.807, 2.05) is 75.1 Å². The van der Waals surface area contributed by atoms with Crippen molar-refractivity contribution < 1.29 is 0 Å². The maximum Gasteiger partial charge on any atom is 0.100 e. The average Bonchev–Trinajstić information content (AvgIpc) is 3.11. The zero-order chi connectivity index (χ0) is 17.8. The lowest BCUT2D eigenvalue weighted by Gasteiger charge is -2.01. The van der Waals surface area contributed by atoms with Crippen LogP contribution in [0.4, 0.5) is 0 Å². The molecule has 3 nitrogen and oxygen atoms in total. The zero-order valence-electron chi connectivity index (χ0n) is 15.5. The van der Waals surface area contributed by atoms with Crippen LogP contribution < -0.4 is 0 Å². The molecule has 0 aliphatic carbocycles. The van der Waals surface area contributed by atoms with Gasteiger partial charge in [-0.25, -0.2) is 0 Å². The van der Waals surface area contributed by atoms with Gasteiger partial charge in [0.2, 0.25) is 0 Å². The number of hydrogen-bond acceptors (Lipinski definition) is 2. The quantitative estimate of drug-likeness (QED) is 0.583. The highest BCUT2D eigenvalue weighted by atomic mass is 15.3. The highest BCUT2D eigenvalue weighted by Gasteiger charge is 2.12. The van der Waals surface area contributed by atoms with Crippen LogP contribution in [0.1, 0.15) is 41.0 Å². The minimum Gasteiger partial charge on any atom is -0.271 e. The lowest BCUT2D eigenvalue weighted by molar-refractivity contribution is 0.604. The minimum atomic E-state index is 0.935. The first-order valence-electron chi connectivity index (χ1n) is 8.91. The molecule has 0 fully saturated rings. The molecule has 0 aliphatic heterocycles. The topological polar surface area (TPSA) is 30.7 Å². The molecule has 3 rings (SSSR count). The van der Waals surface area contributed by atoms with Gasteiger partial charge in [-0.3, -0.25) is 9.67 Å². The number of aryl methyl sites for hydroxylation is 1. The van der Waals surface area contributed by atoms with E-state index in [2.05, 4.69) is 30.2 Å². The standard InChI is InChI=1S/C17H17N3.2C2H6/c1-2-12-20-13-16(14-8-10-18-11-9-14)17(19-20)15-6-4-3-5-7-15;2*1-2/h3-11,13H,2,12H2,1H3;2*1-2H3. The van der Waals surface area contributed by atoms with E-state index in [9.17, 15) is 0 Å². The molecule has 0 saturated carbocycles. The molecule has 0 amide bonds. The van der Waals surface area contributed by atoms with Gasteiger partial charge >= 0.3 is 0 Å². The fraction of sp³-hybridized carbons (Fsp3) is 0.333. The molecule has 0 unspecified atom stereocenters. The van der Waals surface area contributed by atoms with E-state index in [0.29, 0.717) is 0 Å². The Morgan fingerprint density at radius 3 is 2.04 bits per heavy atom. The monoisotopic (exact) mass is 323 g/mol. The summed E-state index contributed by atoms with van der Waals surface area (Å²) in [6.07, 6.45) is 6.84. The van der Waals surface area contributed by atoms with E-state index in [-0.39, 0.29) is 0 Å². The van der Waals surface area contributed by atoms with E-state index in [1.54, 1.807) is 0 Å².